The molecular formula is C20H15ClF4N4O2. The zero-order valence-corrected chi connectivity index (χ0v) is 16.5. The number of aromatic nitrogens is 3. The minimum absolute atomic E-state index is 0.0255. The SMILES string of the molecule is O=C(CCc1nnc(-c2cc(Cl)ccc2F)[nH]c1=O)NCc1cccc(C(F)(F)F)c1. The first-order valence-corrected chi connectivity index (χ1v) is 9.35. The van der Waals surface area contributed by atoms with Gasteiger partial charge in [0.2, 0.25) is 5.91 Å². The molecule has 0 saturated carbocycles. The number of halogens is 5. The Balaban J connectivity index is 1.59. The van der Waals surface area contributed by atoms with Crippen LogP contribution in [0.4, 0.5) is 17.6 Å². The Labute approximate surface area is 178 Å². The number of alkyl halides is 3. The fourth-order valence-electron chi connectivity index (χ4n) is 2.70. The van der Waals surface area contributed by atoms with Gasteiger partial charge >= 0.3 is 6.18 Å². The number of hydrogen-bond donors (Lipinski definition) is 2. The maximum absolute atomic E-state index is 13.9. The quantitative estimate of drug-likeness (QED) is 0.553. The monoisotopic (exact) mass is 454 g/mol. The molecule has 1 aromatic heterocycles. The number of hydrogen-bond acceptors (Lipinski definition) is 4. The third kappa shape index (κ3) is 5.88. The van der Waals surface area contributed by atoms with Gasteiger partial charge in [0.05, 0.1) is 11.1 Å². The van der Waals surface area contributed by atoms with E-state index in [1.807, 2.05) is 0 Å². The number of H-pyrrole nitrogens is 1. The summed E-state index contributed by atoms with van der Waals surface area (Å²) in [5, 5.41) is 10.3. The molecule has 0 aliphatic carbocycles. The number of nitrogens with zero attached hydrogens (tertiary/aromatic N) is 2. The van der Waals surface area contributed by atoms with Crippen LogP contribution in [0.3, 0.4) is 0 Å². The van der Waals surface area contributed by atoms with E-state index in [1.54, 1.807) is 0 Å². The molecule has 0 bridgehead atoms. The standard InChI is InChI=1S/C20H15ClF4N4O2/c21-13-4-5-15(22)14(9-13)18-27-19(31)16(28-29-18)6-7-17(30)26-10-11-2-1-3-12(8-11)20(23,24)25/h1-5,8-9H,6-7,10H2,(H,26,30)(H,27,29,31). The van der Waals surface area contributed by atoms with Crippen molar-refractivity contribution >= 4 is 17.5 Å². The molecule has 0 aliphatic heterocycles. The van der Waals surface area contributed by atoms with Crippen LogP contribution in [-0.4, -0.2) is 21.1 Å². The van der Waals surface area contributed by atoms with E-state index in [4.69, 9.17) is 11.6 Å². The van der Waals surface area contributed by atoms with Crippen LogP contribution in [-0.2, 0) is 23.9 Å². The highest BCUT2D eigenvalue weighted by molar-refractivity contribution is 6.30. The zero-order valence-electron chi connectivity index (χ0n) is 15.8. The van der Waals surface area contributed by atoms with Gasteiger partial charge in [-0.05, 0) is 35.9 Å². The van der Waals surface area contributed by atoms with Crippen LogP contribution >= 0.6 is 11.6 Å². The lowest BCUT2D eigenvalue weighted by molar-refractivity contribution is -0.137. The Morgan fingerprint density at radius 1 is 1.13 bits per heavy atom. The van der Waals surface area contributed by atoms with E-state index in [0.717, 1.165) is 18.2 Å². The van der Waals surface area contributed by atoms with E-state index < -0.39 is 29.0 Å². The van der Waals surface area contributed by atoms with Crippen LogP contribution in [0.15, 0.2) is 47.3 Å². The minimum atomic E-state index is -4.47. The Bertz CT molecular complexity index is 1160. The summed E-state index contributed by atoms with van der Waals surface area (Å²) in [6.45, 7) is -0.0994. The summed E-state index contributed by atoms with van der Waals surface area (Å²) in [6.07, 6.45) is -4.67. The second kappa shape index (κ2) is 9.25. The molecule has 3 aromatic rings. The summed E-state index contributed by atoms with van der Waals surface area (Å²) in [5.41, 5.74) is -1.23. The fraction of sp³-hybridized carbons (Fsp3) is 0.200. The van der Waals surface area contributed by atoms with E-state index in [1.165, 1.54) is 24.3 Å². The van der Waals surface area contributed by atoms with Gasteiger partial charge in [-0.3, -0.25) is 9.59 Å². The number of aryl methyl sites for hydroxylation is 1. The van der Waals surface area contributed by atoms with Gasteiger partial charge in [-0.2, -0.15) is 13.2 Å². The number of nitrogens with one attached hydrogen (secondary N) is 2. The molecule has 31 heavy (non-hydrogen) atoms. The van der Waals surface area contributed by atoms with Crippen LogP contribution < -0.4 is 10.9 Å². The molecule has 0 spiro atoms. The van der Waals surface area contributed by atoms with Gasteiger partial charge in [0, 0.05) is 24.4 Å². The van der Waals surface area contributed by atoms with E-state index in [9.17, 15) is 27.2 Å². The Hall–Kier alpha value is -3.27. The van der Waals surface area contributed by atoms with Gasteiger partial charge < -0.3 is 10.3 Å². The Morgan fingerprint density at radius 3 is 2.61 bits per heavy atom. The highest BCUT2D eigenvalue weighted by Gasteiger charge is 2.30. The molecule has 2 aromatic carbocycles. The molecule has 11 heteroatoms. The molecule has 2 N–H and O–H groups in total. The first-order valence-electron chi connectivity index (χ1n) is 8.97. The molecule has 0 atom stereocenters. The van der Waals surface area contributed by atoms with E-state index in [-0.39, 0.29) is 47.1 Å². The molecule has 1 heterocycles. The molecule has 0 unspecified atom stereocenters. The average molecular weight is 455 g/mol. The zero-order chi connectivity index (χ0) is 22.6. The topological polar surface area (TPSA) is 87.7 Å². The number of carbonyl (C=O) groups excluding carboxylic acids is 1. The first kappa shape index (κ1) is 22.4. The van der Waals surface area contributed by atoms with E-state index in [2.05, 4.69) is 20.5 Å². The lowest BCUT2D eigenvalue weighted by Crippen LogP contribution is -2.25. The van der Waals surface area contributed by atoms with Gasteiger partial charge in [0.25, 0.3) is 5.56 Å². The van der Waals surface area contributed by atoms with Crippen molar-refractivity contribution in [3.8, 4) is 11.4 Å². The summed E-state index contributed by atoms with van der Waals surface area (Å²) < 4.78 is 52.1. The maximum atomic E-state index is 13.9. The number of aromatic amines is 1. The third-order valence-corrected chi connectivity index (χ3v) is 4.52. The third-order valence-electron chi connectivity index (χ3n) is 4.28. The number of carbonyl (C=O) groups is 1. The summed E-state index contributed by atoms with van der Waals surface area (Å²) in [7, 11) is 0. The van der Waals surface area contributed by atoms with Gasteiger partial charge in [0.1, 0.15) is 11.5 Å². The highest BCUT2D eigenvalue weighted by atomic mass is 35.5. The summed E-state index contributed by atoms with van der Waals surface area (Å²) in [6, 6.07) is 8.36. The molecule has 6 nitrogen and oxygen atoms in total. The summed E-state index contributed by atoms with van der Waals surface area (Å²) in [5.74, 6) is -1.23. The van der Waals surface area contributed by atoms with Crippen LogP contribution in [0.2, 0.25) is 5.02 Å². The number of benzene rings is 2. The molecular weight excluding hydrogens is 440 g/mol. The van der Waals surface area contributed by atoms with Crippen molar-refractivity contribution in [2.45, 2.75) is 25.6 Å². The van der Waals surface area contributed by atoms with Gasteiger partial charge in [0.15, 0.2) is 5.82 Å². The van der Waals surface area contributed by atoms with Crippen LogP contribution in [0, 0.1) is 5.82 Å². The highest BCUT2D eigenvalue weighted by Crippen LogP contribution is 2.29. The number of rotatable bonds is 6. The molecule has 162 valence electrons. The maximum Gasteiger partial charge on any atom is 0.416 e. The van der Waals surface area contributed by atoms with Crippen molar-refractivity contribution < 1.29 is 22.4 Å². The van der Waals surface area contributed by atoms with Gasteiger partial charge in [-0.15, -0.1) is 10.2 Å². The van der Waals surface area contributed by atoms with Gasteiger partial charge in [-0.25, -0.2) is 4.39 Å². The smallest absolute Gasteiger partial charge is 0.352 e. The second-order valence-electron chi connectivity index (χ2n) is 6.55. The molecule has 0 radical (unpaired) electrons. The molecule has 0 fully saturated rings. The summed E-state index contributed by atoms with van der Waals surface area (Å²) >= 11 is 5.82. The minimum Gasteiger partial charge on any atom is -0.352 e. The molecule has 0 saturated heterocycles. The predicted molar refractivity (Wildman–Crippen MR) is 105 cm³/mol. The van der Waals surface area contributed by atoms with E-state index in [0.29, 0.717) is 0 Å². The average Bonchev–Trinajstić information content (AvgIpc) is 2.72. The van der Waals surface area contributed by atoms with Crippen molar-refractivity contribution in [2.24, 2.45) is 0 Å². The largest absolute Gasteiger partial charge is 0.416 e. The van der Waals surface area contributed by atoms with Crippen LogP contribution in [0.1, 0.15) is 23.2 Å². The molecule has 3 rings (SSSR count). The second-order valence-corrected chi connectivity index (χ2v) is 6.98. The van der Waals surface area contributed by atoms with Crippen molar-refractivity contribution in [3.05, 3.63) is 80.5 Å². The van der Waals surface area contributed by atoms with Crippen molar-refractivity contribution in [2.75, 3.05) is 0 Å². The molecule has 1 amide bonds. The lowest BCUT2D eigenvalue weighted by Gasteiger charge is -2.09. The predicted octanol–water partition coefficient (Wildman–Crippen LogP) is 3.89. The molecule has 0 aliphatic rings. The van der Waals surface area contributed by atoms with Crippen molar-refractivity contribution in [1.82, 2.24) is 20.5 Å². The van der Waals surface area contributed by atoms with Crippen LogP contribution in [0.25, 0.3) is 11.4 Å². The van der Waals surface area contributed by atoms with E-state index >= 15 is 0 Å². The van der Waals surface area contributed by atoms with Crippen molar-refractivity contribution in [3.63, 3.8) is 0 Å². The Morgan fingerprint density at radius 2 is 1.90 bits per heavy atom. The van der Waals surface area contributed by atoms with Gasteiger partial charge in [-0.1, -0.05) is 23.7 Å². The lowest BCUT2D eigenvalue weighted by atomic mass is 10.1. The Kier molecular flexibility index (Phi) is 6.69. The normalized spacial score (nSPS) is 11.4. The van der Waals surface area contributed by atoms with Crippen LogP contribution in [0.5, 0.6) is 0 Å². The number of amides is 1. The fourth-order valence-corrected chi connectivity index (χ4v) is 2.87. The van der Waals surface area contributed by atoms with Crippen molar-refractivity contribution in [1.29, 1.82) is 0 Å². The summed E-state index contributed by atoms with van der Waals surface area (Å²) in [4.78, 5) is 26.6. The first-order chi connectivity index (χ1) is 14.6.